The molecule has 0 aliphatic rings. The summed E-state index contributed by atoms with van der Waals surface area (Å²) in [5.74, 6) is 0.117. The van der Waals surface area contributed by atoms with Gasteiger partial charge in [-0.3, -0.25) is 0 Å². The Labute approximate surface area is 127 Å². The monoisotopic (exact) mass is 315 g/mol. The molecular formula is C14H13N5O2S. The third kappa shape index (κ3) is 2.56. The first-order chi connectivity index (χ1) is 10.5. The second-order valence-corrected chi connectivity index (χ2v) is 6.52. The van der Waals surface area contributed by atoms with Gasteiger partial charge in [0.25, 0.3) is 10.0 Å². The standard InChI is InChI=1S/C14H13N5O2S/c1-10-2-4-12(5-3-10)22(20,21)19-9-11(8-17-19)13-6-7-16-14(15)18-13/h2-9H,1H3,(H2,15,16,18). The largest absolute Gasteiger partial charge is 0.368 e. The predicted molar refractivity (Wildman–Crippen MR) is 81.4 cm³/mol. The van der Waals surface area contributed by atoms with Crippen molar-refractivity contribution in [1.29, 1.82) is 0 Å². The van der Waals surface area contributed by atoms with Crippen molar-refractivity contribution in [2.45, 2.75) is 11.8 Å². The molecule has 0 unspecified atom stereocenters. The van der Waals surface area contributed by atoms with E-state index in [0.29, 0.717) is 11.3 Å². The van der Waals surface area contributed by atoms with Crippen LogP contribution in [0, 0.1) is 6.92 Å². The Morgan fingerprint density at radius 1 is 1.14 bits per heavy atom. The topological polar surface area (TPSA) is 104 Å². The minimum atomic E-state index is -3.72. The minimum absolute atomic E-state index is 0.117. The Morgan fingerprint density at radius 3 is 2.55 bits per heavy atom. The summed E-state index contributed by atoms with van der Waals surface area (Å²) in [6.07, 6.45) is 4.33. The van der Waals surface area contributed by atoms with Crippen LogP contribution in [0.3, 0.4) is 0 Å². The highest BCUT2D eigenvalue weighted by Crippen LogP contribution is 2.19. The van der Waals surface area contributed by atoms with E-state index in [9.17, 15) is 8.42 Å². The zero-order valence-corrected chi connectivity index (χ0v) is 12.5. The lowest BCUT2D eigenvalue weighted by molar-refractivity contribution is 0.580. The molecular weight excluding hydrogens is 302 g/mol. The molecule has 0 saturated heterocycles. The molecule has 2 heterocycles. The van der Waals surface area contributed by atoms with Crippen molar-refractivity contribution in [2.24, 2.45) is 0 Å². The van der Waals surface area contributed by atoms with E-state index in [0.717, 1.165) is 9.65 Å². The van der Waals surface area contributed by atoms with Crippen LogP contribution in [0.15, 0.2) is 53.8 Å². The van der Waals surface area contributed by atoms with E-state index in [2.05, 4.69) is 15.1 Å². The number of hydrogen-bond acceptors (Lipinski definition) is 6. The molecule has 7 nitrogen and oxygen atoms in total. The van der Waals surface area contributed by atoms with Gasteiger partial charge in [-0.05, 0) is 25.1 Å². The van der Waals surface area contributed by atoms with Crippen LogP contribution < -0.4 is 5.73 Å². The Balaban J connectivity index is 2.01. The van der Waals surface area contributed by atoms with Crippen LogP contribution in [-0.4, -0.2) is 27.6 Å². The maximum Gasteiger partial charge on any atom is 0.282 e. The molecule has 0 aliphatic carbocycles. The van der Waals surface area contributed by atoms with Crippen molar-refractivity contribution in [2.75, 3.05) is 5.73 Å². The van der Waals surface area contributed by atoms with Crippen molar-refractivity contribution in [3.05, 3.63) is 54.5 Å². The molecule has 0 bridgehead atoms. The number of nitrogen functional groups attached to an aromatic ring is 1. The van der Waals surface area contributed by atoms with Gasteiger partial charge in [-0.2, -0.15) is 17.6 Å². The summed E-state index contributed by atoms with van der Waals surface area (Å²) in [5.41, 5.74) is 7.57. The van der Waals surface area contributed by atoms with E-state index in [1.807, 2.05) is 6.92 Å². The first kappa shape index (κ1) is 14.2. The summed E-state index contributed by atoms with van der Waals surface area (Å²) in [4.78, 5) is 8.02. The molecule has 0 radical (unpaired) electrons. The number of nitrogens with zero attached hydrogens (tertiary/aromatic N) is 4. The molecule has 22 heavy (non-hydrogen) atoms. The first-order valence-corrected chi connectivity index (χ1v) is 7.86. The number of aromatic nitrogens is 4. The normalized spacial score (nSPS) is 11.5. The van der Waals surface area contributed by atoms with Crippen molar-refractivity contribution in [3.63, 3.8) is 0 Å². The maximum atomic E-state index is 12.5. The number of anilines is 1. The van der Waals surface area contributed by atoms with Crippen molar-refractivity contribution >= 4 is 16.0 Å². The molecule has 0 spiro atoms. The highest BCUT2D eigenvalue weighted by molar-refractivity contribution is 7.89. The van der Waals surface area contributed by atoms with Gasteiger partial charge >= 0.3 is 0 Å². The summed E-state index contributed by atoms with van der Waals surface area (Å²) >= 11 is 0. The fraction of sp³-hybridized carbons (Fsp3) is 0.0714. The summed E-state index contributed by atoms with van der Waals surface area (Å²) < 4.78 is 25.9. The van der Waals surface area contributed by atoms with Crippen LogP contribution in [0.4, 0.5) is 5.95 Å². The smallest absolute Gasteiger partial charge is 0.282 e. The first-order valence-electron chi connectivity index (χ1n) is 6.42. The van der Waals surface area contributed by atoms with E-state index in [-0.39, 0.29) is 10.8 Å². The molecule has 0 saturated carbocycles. The number of benzene rings is 1. The van der Waals surface area contributed by atoms with Gasteiger partial charge in [0.1, 0.15) is 0 Å². The Kier molecular flexibility index (Phi) is 3.38. The van der Waals surface area contributed by atoms with Gasteiger partial charge in [-0.1, -0.05) is 17.7 Å². The van der Waals surface area contributed by atoms with Gasteiger partial charge < -0.3 is 5.73 Å². The third-order valence-electron chi connectivity index (χ3n) is 3.10. The number of hydrogen-bond donors (Lipinski definition) is 1. The fourth-order valence-electron chi connectivity index (χ4n) is 1.92. The predicted octanol–water partition coefficient (Wildman–Crippen LogP) is 1.47. The zero-order chi connectivity index (χ0) is 15.7. The number of aryl methyl sites for hydroxylation is 1. The highest BCUT2D eigenvalue weighted by Gasteiger charge is 2.18. The molecule has 2 aromatic heterocycles. The molecule has 0 atom stereocenters. The molecule has 112 valence electrons. The average molecular weight is 315 g/mol. The van der Waals surface area contributed by atoms with Gasteiger partial charge in [0.2, 0.25) is 5.95 Å². The van der Waals surface area contributed by atoms with Crippen molar-refractivity contribution in [3.8, 4) is 11.3 Å². The summed E-state index contributed by atoms with van der Waals surface area (Å²) in [7, 11) is -3.72. The molecule has 3 aromatic rings. The minimum Gasteiger partial charge on any atom is -0.368 e. The van der Waals surface area contributed by atoms with E-state index in [4.69, 9.17) is 5.73 Å². The SMILES string of the molecule is Cc1ccc(S(=O)(=O)n2cc(-c3ccnc(N)n3)cn2)cc1. The van der Waals surface area contributed by atoms with Crippen LogP contribution in [-0.2, 0) is 10.0 Å². The molecule has 3 rings (SSSR count). The second-order valence-electron chi connectivity index (χ2n) is 4.72. The van der Waals surface area contributed by atoms with E-state index in [1.54, 1.807) is 30.3 Å². The zero-order valence-electron chi connectivity index (χ0n) is 11.7. The Morgan fingerprint density at radius 2 is 1.86 bits per heavy atom. The van der Waals surface area contributed by atoms with Crippen LogP contribution in [0.25, 0.3) is 11.3 Å². The molecule has 0 fully saturated rings. The van der Waals surface area contributed by atoms with Gasteiger partial charge in [-0.25, -0.2) is 9.97 Å². The lowest BCUT2D eigenvalue weighted by Gasteiger charge is -2.04. The van der Waals surface area contributed by atoms with Crippen LogP contribution in [0.2, 0.25) is 0 Å². The summed E-state index contributed by atoms with van der Waals surface area (Å²) in [6, 6.07) is 8.21. The number of nitrogens with two attached hydrogens (primary N) is 1. The average Bonchev–Trinajstić information content (AvgIpc) is 2.98. The van der Waals surface area contributed by atoms with Crippen LogP contribution in [0.1, 0.15) is 5.56 Å². The van der Waals surface area contributed by atoms with E-state index < -0.39 is 10.0 Å². The lowest BCUT2D eigenvalue weighted by Crippen LogP contribution is -2.13. The van der Waals surface area contributed by atoms with Crippen molar-refractivity contribution < 1.29 is 8.42 Å². The summed E-state index contributed by atoms with van der Waals surface area (Å²) in [5, 5.41) is 3.92. The molecule has 0 aliphatic heterocycles. The number of rotatable bonds is 3. The quantitative estimate of drug-likeness (QED) is 0.785. The van der Waals surface area contributed by atoms with Gasteiger partial charge in [-0.15, -0.1) is 0 Å². The van der Waals surface area contributed by atoms with E-state index in [1.165, 1.54) is 18.6 Å². The second kappa shape index (κ2) is 5.23. The van der Waals surface area contributed by atoms with Gasteiger partial charge in [0.15, 0.2) is 0 Å². The van der Waals surface area contributed by atoms with Crippen molar-refractivity contribution in [1.82, 2.24) is 19.2 Å². The third-order valence-corrected chi connectivity index (χ3v) is 4.66. The summed E-state index contributed by atoms with van der Waals surface area (Å²) in [6.45, 7) is 1.89. The molecule has 2 N–H and O–H groups in total. The van der Waals surface area contributed by atoms with E-state index >= 15 is 0 Å². The molecule has 1 aromatic carbocycles. The highest BCUT2D eigenvalue weighted by atomic mass is 32.2. The van der Waals surface area contributed by atoms with Gasteiger partial charge in [0.05, 0.1) is 23.0 Å². The maximum absolute atomic E-state index is 12.5. The Hall–Kier alpha value is -2.74. The van der Waals surface area contributed by atoms with Crippen LogP contribution >= 0.6 is 0 Å². The van der Waals surface area contributed by atoms with Gasteiger partial charge in [0, 0.05) is 11.8 Å². The molecule has 8 heteroatoms. The lowest BCUT2D eigenvalue weighted by atomic mass is 10.2. The Bertz CT molecular complexity index is 916. The molecule has 0 amide bonds. The van der Waals surface area contributed by atoms with Crippen LogP contribution in [0.5, 0.6) is 0 Å². The fourth-order valence-corrected chi connectivity index (χ4v) is 3.04.